The number of anilines is 2. The first-order chi connectivity index (χ1) is 13.8. The summed E-state index contributed by atoms with van der Waals surface area (Å²) < 4.78 is 0. The van der Waals surface area contributed by atoms with E-state index in [0.717, 1.165) is 22.5 Å². The average Bonchev–Trinajstić information content (AvgIpc) is 3.27. The first-order valence-electron chi connectivity index (χ1n) is 8.48. The molecule has 0 aromatic heterocycles. The fourth-order valence-electron chi connectivity index (χ4n) is 2.64. The van der Waals surface area contributed by atoms with Gasteiger partial charge in [-0.1, -0.05) is 18.2 Å². The van der Waals surface area contributed by atoms with Crippen LogP contribution in [0.1, 0.15) is 21.5 Å². The molecular weight excluding hydrogens is 439 g/mol. The van der Waals surface area contributed by atoms with Crippen LogP contribution in [0.2, 0.25) is 0 Å². The molecule has 0 unspecified atom stereocenters. The van der Waals surface area contributed by atoms with E-state index in [0.29, 0.717) is 18.4 Å². The minimum atomic E-state index is -0.508. The van der Waals surface area contributed by atoms with E-state index in [-0.39, 0.29) is 29.4 Å². The lowest BCUT2D eigenvalue weighted by molar-refractivity contribution is -0.115. The summed E-state index contributed by atoms with van der Waals surface area (Å²) in [4.78, 5) is 42.5. The van der Waals surface area contributed by atoms with Crippen LogP contribution in [0.4, 0.5) is 11.4 Å². The van der Waals surface area contributed by atoms with Gasteiger partial charge in [0, 0.05) is 16.9 Å². The van der Waals surface area contributed by atoms with E-state index in [1.54, 1.807) is 18.2 Å². The van der Waals surface area contributed by atoms with Gasteiger partial charge in [-0.2, -0.15) is 0 Å². The monoisotopic (exact) mass is 454 g/mol. The predicted molar refractivity (Wildman–Crippen MR) is 114 cm³/mol. The highest BCUT2D eigenvalue weighted by molar-refractivity contribution is 6.67. The van der Waals surface area contributed by atoms with E-state index >= 15 is 0 Å². The molecule has 0 bridgehead atoms. The smallest absolute Gasteiger partial charge is 0.236 e. The zero-order valence-corrected chi connectivity index (χ0v) is 17.4. The van der Waals surface area contributed by atoms with Crippen molar-refractivity contribution in [3.8, 4) is 0 Å². The highest BCUT2D eigenvalue weighted by Crippen LogP contribution is 2.24. The molecule has 4 rings (SSSR count). The lowest BCUT2D eigenvalue weighted by atomic mass is 10.1. The number of Topliss-reactive ketones (excluding diaryl/α,β-unsaturated/α-hetero) is 1. The highest BCUT2D eigenvalue weighted by Gasteiger charge is 2.18. The topological polar surface area (TPSA) is 92.3 Å². The maximum atomic E-state index is 11.3. The number of ketones is 1. The van der Waals surface area contributed by atoms with Crippen LogP contribution in [0.3, 0.4) is 0 Å². The van der Waals surface area contributed by atoms with E-state index < -0.39 is 5.24 Å². The quantitative estimate of drug-likeness (QED) is 0.418. The Bertz CT molecular complexity index is 920. The van der Waals surface area contributed by atoms with Crippen LogP contribution in [0.5, 0.6) is 0 Å². The highest BCUT2D eigenvalue weighted by atomic mass is 35.5. The number of para-hydroxylation sites is 1. The second-order valence-corrected chi connectivity index (χ2v) is 6.98. The first-order valence-corrected chi connectivity index (χ1v) is 9.92. The SMILES string of the molecule is O=C(Cl)CCl.O=C1Cc2cc(C(=O)CCl)ccc2N1.O=C1Cc2ccccc2N1. The fraction of sp³-hybridized carbons (Fsp3) is 0.200. The molecule has 0 saturated carbocycles. The van der Waals surface area contributed by atoms with Crippen molar-refractivity contribution in [3.63, 3.8) is 0 Å². The number of hydrogen-bond acceptors (Lipinski definition) is 4. The largest absolute Gasteiger partial charge is 0.326 e. The Hall–Kier alpha value is -2.41. The van der Waals surface area contributed by atoms with Gasteiger partial charge < -0.3 is 10.6 Å². The molecule has 0 aliphatic carbocycles. The Morgan fingerprint density at radius 2 is 1.38 bits per heavy atom. The van der Waals surface area contributed by atoms with Crippen LogP contribution >= 0.6 is 34.8 Å². The molecule has 6 nitrogen and oxygen atoms in total. The molecule has 0 spiro atoms. The number of alkyl halides is 2. The lowest BCUT2D eigenvalue weighted by Crippen LogP contribution is -2.03. The molecule has 2 aliphatic rings. The summed E-state index contributed by atoms with van der Waals surface area (Å²) >= 11 is 15.0. The summed E-state index contributed by atoms with van der Waals surface area (Å²) in [6.45, 7) is 0. The zero-order chi connectivity index (χ0) is 21.4. The summed E-state index contributed by atoms with van der Waals surface area (Å²) in [6, 6.07) is 12.9. The normalized spacial score (nSPS) is 12.9. The van der Waals surface area contributed by atoms with Gasteiger partial charge in [0.1, 0.15) is 0 Å². The molecule has 152 valence electrons. The Morgan fingerprint density at radius 3 is 1.93 bits per heavy atom. The first kappa shape index (κ1) is 22.9. The molecular formula is C20H17Cl3N2O4. The van der Waals surface area contributed by atoms with E-state index in [4.69, 9.17) is 34.8 Å². The second-order valence-electron chi connectivity index (χ2n) is 6.02. The third-order valence-corrected chi connectivity index (χ3v) is 4.68. The summed E-state index contributed by atoms with van der Waals surface area (Å²) in [7, 11) is 0. The summed E-state index contributed by atoms with van der Waals surface area (Å²) in [5, 5.41) is 4.95. The average molecular weight is 456 g/mol. The number of rotatable bonds is 3. The van der Waals surface area contributed by atoms with Gasteiger partial charge >= 0.3 is 0 Å². The number of amides is 2. The Labute approximate surface area is 182 Å². The Morgan fingerprint density at radius 1 is 0.828 bits per heavy atom. The van der Waals surface area contributed by atoms with Gasteiger partial charge in [-0.05, 0) is 47.0 Å². The molecule has 2 amide bonds. The molecule has 2 aromatic carbocycles. The van der Waals surface area contributed by atoms with Gasteiger partial charge in [0.05, 0.1) is 24.6 Å². The van der Waals surface area contributed by atoms with Crippen molar-refractivity contribution in [2.45, 2.75) is 12.8 Å². The molecule has 2 N–H and O–H groups in total. The van der Waals surface area contributed by atoms with E-state index in [9.17, 15) is 19.2 Å². The molecule has 0 fully saturated rings. The van der Waals surface area contributed by atoms with Crippen LogP contribution in [0.15, 0.2) is 42.5 Å². The van der Waals surface area contributed by atoms with Gasteiger partial charge in [0.15, 0.2) is 5.78 Å². The molecule has 0 atom stereocenters. The van der Waals surface area contributed by atoms with Crippen LogP contribution in [0.25, 0.3) is 0 Å². The van der Waals surface area contributed by atoms with Gasteiger partial charge in [0.25, 0.3) is 0 Å². The van der Waals surface area contributed by atoms with Gasteiger partial charge in [-0.25, -0.2) is 0 Å². The second kappa shape index (κ2) is 11.0. The van der Waals surface area contributed by atoms with Crippen LogP contribution in [-0.2, 0) is 27.2 Å². The molecule has 0 saturated heterocycles. The van der Waals surface area contributed by atoms with Gasteiger partial charge in [-0.3, -0.25) is 19.2 Å². The fourth-order valence-corrected chi connectivity index (χ4v) is 2.80. The van der Waals surface area contributed by atoms with Crippen LogP contribution in [0, 0.1) is 0 Å². The summed E-state index contributed by atoms with van der Waals surface area (Å²) in [6.07, 6.45) is 0.884. The number of nitrogens with one attached hydrogen (secondary N) is 2. The minimum Gasteiger partial charge on any atom is -0.326 e. The van der Waals surface area contributed by atoms with Crippen molar-refractivity contribution in [3.05, 3.63) is 59.2 Å². The van der Waals surface area contributed by atoms with E-state index in [1.807, 2.05) is 24.3 Å². The molecule has 2 aromatic rings. The van der Waals surface area contributed by atoms with Gasteiger partial charge in [-0.15, -0.1) is 23.2 Å². The number of fused-ring (bicyclic) bond motifs is 2. The molecule has 2 heterocycles. The third kappa shape index (κ3) is 6.85. The van der Waals surface area contributed by atoms with Crippen molar-refractivity contribution < 1.29 is 19.2 Å². The van der Waals surface area contributed by atoms with Crippen molar-refractivity contribution in [1.29, 1.82) is 0 Å². The van der Waals surface area contributed by atoms with Crippen molar-refractivity contribution in [2.75, 3.05) is 22.4 Å². The molecule has 2 aliphatic heterocycles. The number of halogens is 3. The van der Waals surface area contributed by atoms with E-state index in [1.165, 1.54) is 0 Å². The summed E-state index contributed by atoms with van der Waals surface area (Å²) in [5.41, 5.74) is 4.29. The van der Waals surface area contributed by atoms with Crippen molar-refractivity contribution >= 4 is 69.0 Å². The zero-order valence-electron chi connectivity index (χ0n) is 15.1. The molecule has 9 heteroatoms. The Balaban J connectivity index is 0.000000175. The van der Waals surface area contributed by atoms with Gasteiger partial charge in [0.2, 0.25) is 17.1 Å². The number of benzene rings is 2. The van der Waals surface area contributed by atoms with E-state index in [2.05, 4.69) is 10.6 Å². The summed E-state index contributed by atoms with van der Waals surface area (Å²) in [5.74, 6) is -0.174. The number of hydrogen-bond donors (Lipinski definition) is 2. The van der Waals surface area contributed by atoms with Crippen LogP contribution in [-0.4, -0.2) is 34.6 Å². The standard InChI is InChI=1S/C10H8ClNO2.C8H7NO.C2H2Cl2O/c11-5-9(13)6-1-2-8-7(3-6)4-10(14)12-8;10-8-5-6-3-1-2-4-7(6)9-8;3-1-2(4)5/h1-3H,4-5H2,(H,12,14);1-4H,5H2,(H,9,10);1H2. The number of carbonyl (C=O) groups is 4. The van der Waals surface area contributed by atoms with Crippen LogP contribution < -0.4 is 10.6 Å². The maximum absolute atomic E-state index is 11.3. The number of carbonyl (C=O) groups excluding carboxylic acids is 4. The Kier molecular flexibility index (Phi) is 8.64. The van der Waals surface area contributed by atoms with Crippen molar-refractivity contribution in [1.82, 2.24) is 0 Å². The minimum absolute atomic E-state index is 0.0276. The molecule has 0 radical (unpaired) electrons. The third-order valence-electron chi connectivity index (χ3n) is 3.92. The maximum Gasteiger partial charge on any atom is 0.236 e. The predicted octanol–water partition coefficient (Wildman–Crippen LogP) is 3.77. The van der Waals surface area contributed by atoms with Crippen molar-refractivity contribution in [2.24, 2.45) is 0 Å². The molecule has 29 heavy (non-hydrogen) atoms. The lowest BCUT2D eigenvalue weighted by Gasteiger charge is -2.00.